The highest BCUT2D eigenvalue weighted by Crippen LogP contribution is 1.68. The second kappa shape index (κ2) is 24.7. The van der Waals surface area contributed by atoms with Crippen molar-refractivity contribution >= 4 is 23.9 Å². The summed E-state index contributed by atoms with van der Waals surface area (Å²) in [5, 5.41) is 22.2. The third-order valence-electron chi connectivity index (χ3n) is 1.14. The van der Waals surface area contributed by atoms with Gasteiger partial charge in [-0.15, -0.1) is 0 Å². The van der Waals surface area contributed by atoms with E-state index in [-0.39, 0.29) is 0 Å². The van der Waals surface area contributed by atoms with E-state index >= 15 is 0 Å². The third kappa shape index (κ3) is 36.3. The highest BCUT2D eigenvalue weighted by atomic mass is 17.1. The van der Waals surface area contributed by atoms with E-state index in [9.17, 15) is 19.2 Å². The van der Waals surface area contributed by atoms with Crippen LogP contribution in [0.25, 0.3) is 0 Å². The Bertz CT molecular complexity index is 346. The van der Waals surface area contributed by atoms with Crippen LogP contribution in [0.4, 0.5) is 0 Å². The first-order chi connectivity index (χ1) is 11.2. The lowest BCUT2D eigenvalue weighted by Gasteiger charge is -1.83. The van der Waals surface area contributed by atoms with E-state index < -0.39 is 23.9 Å². The zero-order chi connectivity index (χ0) is 20.0. The fourth-order valence-electron chi connectivity index (χ4n) is 0.195. The summed E-state index contributed by atoms with van der Waals surface area (Å²) >= 11 is 0. The van der Waals surface area contributed by atoms with Crippen molar-refractivity contribution in [1.29, 1.82) is 0 Å². The Morgan fingerprint density at radius 1 is 0.625 bits per heavy atom. The van der Waals surface area contributed by atoms with Gasteiger partial charge < -0.3 is 4.74 Å². The zero-order valence-electron chi connectivity index (χ0n) is 12.7. The van der Waals surface area contributed by atoms with Crippen molar-refractivity contribution in [3.8, 4) is 0 Å². The van der Waals surface area contributed by atoms with Gasteiger partial charge in [0.2, 0.25) is 0 Å². The van der Waals surface area contributed by atoms with Gasteiger partial charge in [-0.05, 0) is 0 Å². The van der Waals surface area contributed by atoms with Crippen LogP contribution in [0.1, 0.15) is 0 Å². The minimum atomic E-state index is -0.838. The predicted octanol–water partition coefficient (Wildman–Crippen LogP) is 0.911. The van der Waals surface area contributed by atoms with Crippen LogP contribution in [0.2, 0.25) is 0 Å². The zero-order valence-corrected chi connectivity index (χ0v) is 12.7. The maximum atomic E-state index is 9.84. The number of ether oxygens (including phenoxy) is 1. The van der Waals surface area contributed by atoms with Gasteiger partial charge in [0.1, 0.15) is 0 Å². The molecule has 0 spiro atoms. The molecule has 0 aromatic carbocycles. The van der Waals surface area contributed by atoms with Gasteiger partial charge in [0.15, 0.2) is 0 Å². The Morgan fingerprint density at radius 2 is 0.833 bits per heavy atom. The second-order valence-corrected chi connectivity index (χ2v) is 2.57. The van der Waals surface area contributed by atoms with Crippen LogP contribution in [0.15, 0.2) is 50.6 Å². The monoisotopic (exact) mass is 350 g/mol. The SMILES string of the molecule is C=CC(=O)OC.C=CC(=O)OO.C=CC(=O)OO.C=CC(=O)OO. The summed E-state index contributed by atoms with van der Waals surface area (Å²) in [5.74, 6) is -2.91. The largest absolute Gasteiger partial charge is 0.466 e. The van der Waals surface area contributed by atoms with Crippen LogP contribution in [0.5, 0.6) is 0 Å². The summed E-state index contributed by atoms with van der Waals surface area (Å²) in [4.78, 5) is 48.0. The Kier molecular flexibility index (Phi) is 29.7. The molecule has 0 aromatic rings. The van der Waals surface area contributed by atoms with Crippen LogP contribution < -0.4 is 0 Å². The molecule has 0 amide bonds. The van der Waals surface area contributed by atoms with E-state index in [4.69, 9.17) is 15.8 Å². The first-order valence-corrected chi connectivity index (χ1v) is 5.38. The molecule has 3 N–H and O–H groups in total. The smallest absolute Gasteiger partial charge is 0.365 e. The Hall–Kier alpha value is -3.28. The van der Waals surface area contributed by atoms with Gasteiger partial charge in [0.25, 0.3) is 0 Å². The van der Waals surface area contributed by atoms with Crippen molar-refractivity contribution in [3.05, 3.63) is 50.6 Å². The first kappa shape index (κ1) is 28.8. The predicted molar refractivity (Wildman–Crippen MR) is 79.0 cm³/mol. The van der Waals surface area contributed by atoms with Crippen molar-refractivity contribution in [2.45, 2.75) is 0 Å². The van der Waals surface area contributed by atoms with E-state index in [1.807, 2.05) is 0 Å². The number of carbonyl (C=O) groups excluding carboxylic acids is 4. The molecule has 0 aliphatic heterocycles. The molecule has 136 valence electrons. The Balaban J connectivity index is -0.000000111. The molecule has 0 atom stereocenters. The molecule has 0 radical (unpaired) electrons. The van der Waals surface area contributed by atoms with Gasteiger partial charge in [-0.1, -0.05) is 26.3 Å². The van der Waals surface area contributed by atoms with Crippen molar-refractivity contribution in [1.82, 2.24) is 0 Å². The molecule has 11 heteroatoms. The molecule has 0 aliphatic rings. The average Bonchev–Trinajstić information content (AvgIpc) is 2.66. The highest BCUT2D eigenvalue weighted by Gasteiger charge is 1.86. The molecular weight excluding hydrogens is 332 g/mol. The van der Waals surface area contributed by atoms with E-state index in [2.05, 4.69) is 45.7 Å². The molecule has 0 rings (SSSR count). The summed E-state index contributed by atoms with van der Waals surface area (Å²) in [6.07, 6.45) is 3.69. The van der Waals surface area contributed by atoms with Crippen LogP contribution >= 0.6 is 0 Å². The highest BCUT2D eigenvalue weighted by molar-refractivity contribution is 5.81. The van der Waals surface area contributed by atoms with Crippen molar-refractivity contribution in [2.24, 2.45) is 0 Å². The molecule has 0 heterocycles. The molecule has 0 fully saturated rings. The molecule has 0 saturated carbocycles. The lowest BCUT2D eigenvalue weighted by molar-refractivity contribution is -0.228. The average molecular weight is 350 g/mol. The van der Waals surface area contributed by atoms with Gasteiger partial charge in [-0.3, -0.25) is 14.7 Å². The van der Waals surface area contributed by atoms with Gasteiger partial charge in [-0.25, -0.2) is 19.2 Å². The molecule has 0 aromatic heterocycles. The Labute approximate surface area is 137 Å². The van der Waals surface area contributed by atoms with Crippen LogP contribution in [-0.4, -0.2) is 46.8 Å². The molecule has 24 heavy (non-hydrogen) atoms. The van der Waals surface area contributed by atoms with Crippen LogP contribution in [0.3, 0.4) is 0 Å². The molecular formula is C13H18O11. The molecule has 0 unspecified atom stereocenters. The molecule has 11 nitrogen and oxygen atoms in total. The van der Waals surface area contributed by atoms with Crippen molar-refractivity contribution < 1.29 is 54.3 Å². The van der Waals surface area contributed by atoms with Crippen molar-refractivity contribution in [2.75, 3.05) is 7.11 Å². The van der Waals surface area contributed by atoms with Crippen LogP contribution in [0, 0.1) is 0 Å². The van der Waals surface area contributed by atoms with E-state index in [1.54, 1.807) is 0 Å². The van der Waals surface area contributed by atoms with E-state index in [0.29, 0.717) is 0 Å². The third-order valence-corrected chi connectivity index (χ3v) is 1.14. The summed E-state index contributed by atoms with van der Waals surface area (Å²) in [6.45, 7) is 12.1. The normalized spacial score (nSPS) is 6.83. The molecule has 0 aliphatic carbocycles. The fourth-order valence-corrected chi connectivity index (χ4v) is 0.195. The molecule has 0 bridgehead atoms. The Morgan fingerprint density at radius 3 is 0.833 bits per heavy atom. The lowest BCUT2D eigenvalue weighted by atomic mass is 10.7. The van der Waals surface area contributed by atoms with Gasteiger partial charge in [0, 0.05) is 24.3 Å². The summed E-state index contributed by atoms with van der Waals surface area (Å²) in [6, 6.07) is 0. The number of rotatable bonds is 4. The number of methoxy groups -OCH3 is 1. The number of hydrogen-bond donors (Lipinski definition) is 3. The van der Waals surface area contributed by atoms with Crippen LogP contribution in [-0.2, 0) is 38.6 Å². The van der Waals surface area contributed by atoms with Gasteiger partial charge in [0.05, 0.1) is 7.11 Å². The quantitative estimate of drug-likeness (QED) is 0.217. The minimum absolute atomic E-state index is 0.394. The number of carbonyl (C=O) groups is 4. The summed E-state index contributed by atoms with van der Waals surface area (Å²) in [7, 11) is 1.31. The first-order valence-electron chi connectivity index (χ1n) is 5.38. The summed E-state index contributed by atoms with van der Waals surface area (Å²) in [5.41, 5.74) is 0. The van der Waals surface area contributed by atoms with Gasteiger partial charge in [-0.2, -0.15) is 15.8 Å². The maximum Gasteiger partial charge on any atom is 0.365 e. The molecule has 0 saturated heterocycles. The van der Waals surface area contributed by atoms with E-state index in [0.717, 1.165) is 24.3 Å². The maximum absolute atomic E-state index is 9.84. The summed E-state index contributed by atoms with van der Waals surface area (Å²) < 4.78 is 4.14. The topological polar surface area (TPSA) is 166 Å². The standard InChI is InChI=1S/C4H6O2.3C3H4O3/c1-3-4(5)6-2;3*1-2-3(4)6-5/h3H,1H2,2H3;3*2,5H,1H2. The second-order valence-electron chi connectivity index (χ2n) is 2.57. The lowest BCUT2D eigenvalue weighted by Crippen LogP contribution is -1.92. The number of esters is 1. The van der Waals surface area contributed by atoms with Gasteiger partial charge >= 0.3 is 23.9 Å². The fraction of sp³-hybridized carbons (Fsp3) is 0.0769. The van der Waals surface area contributed by atoms with Crippen molar-refractivity contribution in [3.63, 3.8) is 0 Å². The minimum Gasteiger partial charge on any atom is -0.466 e. The number of hydrogen-bond acceptors (Lipinski definition) is 11. The van der Waals surface area contributed by atoms with E-state index in [1.165, 1.54) is 7.11 Å².